The zero-order valence-electron chi connectivity index (χ0n) is 12.0. The van der Waals surface area contributed by atoms with E-state index in [9.17, 15) is 4.79 Å². The van der Waals surface area contributed by atoms with Gasteiger partial charge in [-0.1, -0.05) is 28.4 Å². The molecular formula is C17H18BrNOS. The van der Waals surface area contributed by atoms with E-state index in [1.807, 2.05) is 25.1 Å². The van der Waals surface area contributed by atoms with E-state index in [4.69, 9.17) is 0 Å². The van der Waals surface area contributed by atoms with Crippen molar-refractivity contribution in [2.24, 2.45) is 0 Å². The fourth-order valence-electron chi connectivity index (χ4n) is 2.69. The van der Waals surface area contributed by atoms with Crippen LogP contribution in [0.15, 0.2) is 28.7 Å². The second kappa shape index (κ2) is 6.32. The summed E-state index contributed by atoms with van der Waals surface area (Å²) in [7, 11) is 0. The predicted octanol–water partition coefficient (Wildman–Crippen LogP) is 5.34. The molecule has 2 aromatic rings. The summed E-state index contributed by atoms with van der Waals surface area (Å²) in [4.78, 5) is 14.7. The van der Waals surface area contributed by atoms with Gasteiger partial charge in [-0.3, -0.25) is 4.79 Å². The monoisotopic (exact) mass is 363 g/mol. The Morgan fingerprint density at radius 1 is 1.19 bits per heavy atom. The maximum Gasteiger partial charge on any atom is 0.265 e. The number of carbonyl (C=O) groups excluding carboxylic acids is 1. The lowest BCUT2D eigenvalue weighted by atomic mass is 10.1. The van der Waals surface area contributed by atoms with E-state index in [1.165, 1.54) is 29.7 Å². The minimum Gasteiger partial charge on any atom is -0.321 e. The number of hydrogen-bond donors (Lipinski definition) is 1. The van der Waals surface area contributed by atoms with E-state index in [0.717, 1.165) is 33.4 Å². The molecule has 0 fully saturated rings. The van der Waals surface area contributed by atoms with Crippen LogP contribution in [0, 0.1) is 6.92 Å². The van der Waals surface area contributed by atoms with Crippen LogP contribution in [0.3, 0.4) is 0 Å². The molecule has 1 amide bonds. The smallest absolute Gasteiger partial charge is 0.265 e. The number of amides is 1. The van der Waals surface area contributed by atoms with Crippen LogP contribution in [0.4, 0.5) is 5.69 Å². The van der Waals surface area contributed by atoms with Crippen molar-refractivity contribution in [2.75, 3.05) is 5.32 Å². The summed E-state index contributed by atoms with van der Waals surface area (Å²) in [6.45, 7) is 2.01. The molecule has 1 N–H and O–H groups in total. The van der Waals surface area contributed by atoms with E-state index < -0.39 is 0 Å². The number of rotatable bonds is 2. The molecule has 0 saturated carbocycles. The molecule has 3 rings (SSSR count). The fourth-order valence-corrected chi connectivity index (χ4v) is 4.20. The summed E-state index contributed by atoms with van der Waals surface area (Å²) in [5.41, 5.74) is 3.33. The van der Waals surface area contributed by atoms with Crippen LogP contribution in [0.2, 0.25) is 0 Å². The van der Waals surface area contributed by atoms with E-state index in [1.54, 1.807) is 11.3 Å². The summed E-state index contributed by atoms with van der Waals surface area (Å²) in [6, 6.07) is 8.03. The average Bonchev–Trinajstić information content (AvgIpc) is 2.74. The minimum atomic E-state index is 0.00859. The van der Waals surface area contributed by atoms with Gasteiger partial charge in [0.1, 0.15) is 0 Å². The highest BCUT2D eigenvalue weighted by Crippen LogP contribution is 2.30. The van der Waals surface area contributed by atoms with E-state index in [0.29, 0.717) is 0 Å². The van der Waals surface area contributed by atoms with Crippen LogP contribution in [0.1, 0.15) is 44.9 Å². The first-order chi connectivity index (χ1) is 10.1. The van der Waals surface area contributed by atoms with Gasteiger partial charge in [-0.15, -0.1) is 11.3 Å². The van der Waals surface area contributed by atoms with Gasteiger partial charge in [-0.05, 0) is 61.9 Å². The molecule has 4 heteroatoms. The normalized spacial score (nSPS) is 14.4. The third-order valence-electron chi connectivity index (χ3n) is 3.92. The summed E-state index contributed by atoms with van der Waals surface area (Å²) >= 11 is 5.11. The molecule has 0 spiro atoms. The van der Waals surface area contributed by atoms with Gasteiger partial charge in [0.15, 0.2) is 0 Å². The number of nitrogens with one attached hydrogen (secondary N) is 1. The molecule has 0 radical (unpaired) electrons. The number of fused-ring (bicyclic) bond motifs is 1. The van der Waals surface area contributed by atoms with E-state index in [2.05, 4.69) is 27.3 Å². The molecule has 21 heavy (non-hydrogen) atoms. The topological polar surface area (TPSA) is 29.1 Å². The molecule has 0 saturated heterocycles. The van der Waals surface area contributed by atoms with Gasteiger partial charge in [-0.25, -0.2) is 0 Å². The Morgan fingerprint density at radius 3 is 2.86 bits per heavy atom. The Bertz CT molecular complexity index is 654. The van der Waals surface area contributed by atoms with E-state index in [-0.39, 0.29) is 5.91 Å². The van der Waals surface area contributed by atoms with Gasteiger partial charge in [0.2, 0.25) is 0 Å². The highest BCUT2D eigenvalue weighted by Gasteiger charge is 2.17. The van der Waals surface area contributed by atoms with Crippen LogP contribution in [0.25, 0.3) is 0 Å². The van der Waals surface area contributed by atoms with Crippen molar-refractivity contribution >= 4 is 38.9 Å². The second-order valence-corrected chi connectivity index (χ2v) is 7.59. The number of thiophene rings is 1. The molecule has 1 aliphatic rings. The Labute approximate surface area is 137 Å². The number of halogens is 1. The highest BCUT2D eigenvalue weighted by atomic mass is 79.9. The molecule has 0 unspecified atom stereocenters. The van der Waals surface area contributed by atoms with Gasteiger partial charge >= 0.3 is 0 Å². The van der Waals surface area contributed by atoms with Crippen molar-refractivity contribution in [2.45, 2.75) is 39.0 Å². The number of carbonyl (C=O) groups is 1. The van der Waals surface area contributed by atoms with Gasteiger partial charge in [-0.2, -0.15) is 0 Å². The second-order valence-electron chi connectivity index (χ2n) is 5.53. The van der Waals surface area contributed by atoms with Crippen molar-refractivity contribution in [1.29, 1.82) is 0 Å². The SMILES string of the molecule is Cc1ccc(Br)cc1NC(=O)c1cc2c(s1)CCCCC2. The highest BCUT2D eigenvalue weighted by molar-refractivity contribution is 9.10. The molecule has 0 bridgehead atoms. The Kier molecular flexibility index (Phi) is 4.45. The molecule has 1 heterocycles. The van der Waals surface area contributed by atoms with Gasteiger partial charge in [0.25, 0.3) is 5.91 Å². The van der Waals surface area contributed by atoms with Crippen molar-refractivity contribution in [3.05, 3.63) is 49.6 Å². The quantitative estimate of drug-likeness (QED) is 0.716. The Morgan fingerprint density at radius 2 is 2.00 bits per heavy atom. The number of hydrogen-bond acceptors (Lipinski definition) is 2. The molecule has 2 nitrogen and oxygen atoms in total. The molecule has 1 aromatic carbocycles. The number of aryl methyl sites for hydroxylation is 3. The average molecular weight is 364 g/mol. The zero-order chi connectivity index (χ0) is 14.8. The van der Waals surface area contributed by atoms with Crippen molar-refractivity contribution in [1.82, 2.24) is 0 Å². The molecule has 1 aromatic heterocycles. The van der Waals surface area contributed by atoms with Crippen LogP contribution >= 0.6 is 27.3 Å². The molecule has 0 atom stereocenters. The lowest BCUT2D eigenvalue weighted by Gasteiger charge is -2.07. The number of benzene rings is 1. The first-order valence-electron chi connectivity index (χ1n) is 7.32. The standard InChI is InChI=1S/C17H18BrNOS/c1-11-7-8-13(18)10-14(11)19-17(20)16-9-12-5-3-2-4-6-15(12)21-16/h7-10H,2-6H2,1H3,(H,19,20). The largest absolute Gasteiger partial charge is 0.321 e. The van der Waals surface area contributed by atoms with Crippen LogP contribution < -0.4 is 5.32 Å². The van der Waals surface area contributed by atoms with E-state index >= 15 is 0 Å². The van der Waals surface area contributed by atoms with Crippen LogP contribution in [0.5, 0.6) is 0 Å². The van der Waals surface area contributed by atoms with Gasteiger partial charge in [0, 0.05) is 15.0 Å². The Balaban J connectivity index is 1.81. The predicted molar refractivity (Wildman–Crippen MR) is 92.4 cm³/mol. The lowest BCUT2D eigenvalue weighted by Crippen LogP contribution is -2.11. The summed E-state index contributed by atoms with van der Waals surface area (Å²) < 4.78 is 0.977. The lowest BCUT2D eigenvalue weighted by molar-refractivity contribution is 0.103. The van der Waals surface area contributed by atoms with Crippen LogP contribution in [-0.2, 0) is 12.8 Å². The molecule has 1 aliphatic carbocycles. The van der Waals surface area contributed by atoms with Gasteiger partial charge < -0.3 is 5.32 Å². The van der Waals surface area contributed by atoms with Crippen molar-refractivity contribution in [3.8, 4) is 0 Å². The zero-order valence-corrected chi connectivity index (χ0v) is 14.4. The molecular weight excluding hydrogens is 346 g/mol. The fraction of sp³-hybridized carbons (Fsp3) is 0.353. The maximum atomic E-state index is 12.5. The van der Waals surface area contributed by atoms with Gasteiger partial charge in [0.05, 0.1) is 4.88 Å². The van der Waals surface area contributed by atoms with Crippen molar-refractivity contribution < 1.29 is 4.79 Å². The third-order valence-corrected chi connectivity index (χ3v) is 5.65. The number of anilines is 1. The summed E-state index contributed by atoms with van der Waals surface area (Å²) in [5.74, 6) is 0.00859. The Hall–Kier alpha value is -1.13. The first-order valence-corrected chi connectivity index (χ1v) is 8.93. The maximum absolute atomic E-state index is 12.5. The summed E-state index contributed by atoms with van der Waals surface area (Å²) in [5, 5.41) is 3.03. The van der Waals surface area contributed by atoms with Crippen molar-refractivity contribution in [3.63, 3.8) is 0 Å². The first kappa shape index (κ1) is 14.8. The molecule has 0 aliphatic heterocycles. The third kappa shape index (κ3) is 3.38. The minimum absolute atomic E-state index is 0.00859. The summed E-state index contributed by atoms with van der Waals surface area (Å²) in [6.07, 6.45) is 6.05. The molecule has 110 valence electrons. The van der Waals surface area contributed by atoms with Crippen LogP contribution in [-0.4, -0.2) is 5.91 Å².